The Hall–Kier alpha value is -3.30. The lowest BCUT2D eigenvalue weighted by molar-refractivity contribution is 0.0292. The number of nitriles is 1. The van der Waals surface area contributed by atoms with Crippen LogP contribution in [0.15, 0.2) is 48.7 Å². The number of likely N-dealkylation sites (tertiary alicyclic amines) is 1. The molecule has 1 unspecified atom stereocenters. The molecule has 1 aliphatic rings. The van der Waals surface area contributed by atoms with Crippen LogP contribution in [0.4, 0.5) is 4.79 Å². The summed E-state index contributed by atoms with van der Waals surface area (Å²) in [6.07, 6.45) is 2.39. The number of nitrogens with one attached hydrogen (secondary N) is 1. The first-order chi connectivity index (χ1) is 15.2. The van der Waals surface area contributed by atoms with Crippen LogP contribution in [0.5, 0.6) is 0 Å². The molecule has 1 amide bonds. The maximum Gasteiger partial charge on any atom is 0.410 e. The molecule has 0 saturated carbocycles. The van der Waals surface area contributed by atoms with Crippen LogP contribution >= 0.6 is 11.6 Å². The van der Waals surface area contributed by atoms with Gasteiger partial charge < -0.3 is 14.6 Å². The van der Waals surface area contributed by atoms with Crippen molar-refractivity contribution in [2.45, 2.75) is 38.7 Å². The molecule has 1 aromatic heterocycles. The summed E-state index contributed by atoms with van der Waals surface area (Å²) in [6.45, 7) is 6.87. The summed E-state index contributed by atoms with van der Waals surface area (Å²) in [7, 11) is 0. The molecule has 0 spiro atoms. The van der Waals surface area contributed by atoms with Gasteiger partial charge >= 0.3 is 6.09 Å². The average Bonchev–Trinajstić information content (AvgIpc) is 3.42. The maximum atomic E-state index is 12.3. The molecule has 7 heteroatoms. The number of amides is 1. The van der Waals surface area contributed by atoms with E-state index in [1.807, 2.05) is 57.3 Å². The number of carbonyl (C=O) groups is 1. The zero-order valence-corrected chi connectivity index (χ0v) is 19.1. The van der Waals surface area contributed by atoms with E-state index >= 15 is 0 Å². The summed E-state index contributed by atoms with van der Waals surface area (Å²) >= 11 is 6.01. The van der Waals surface area contributed by atoms with E-state index in [1.54, 1.807) is 17.0 Å². The monoisotopic (exact) mass is 448 g/mol. The van der Waals surface area contributed by atoms with Crippen molar-refractivity contribution in [2.75, 3.05) is 13.1 Å². The number of aromatic nitrogens is 2. The second-order valence-electron chi connectivity index (χ2n) is 8.97. The Labute approximate surface area is 192 Å². The van der Waals surface area contributed by atoms with Crippen LogP contribution in [-0.2, 0) is 4.74 Å². The minimum absolute atomic E-state index is 0.155. The highest BCUT2D eigenvalue weighted by Crippen LogP contribution is 2.30. The number of rotatable bonds is 3. The summed E-state index contributed by atoms with van der Waals surface area (Å²) in [5, 5.41) is 9.94. The molecule has 164 valence electrons. The van der Waals surface area contributed by atoms with E-state index in [0.29, 0.717) is 23.7 Å². The number of aromatic amines is 1. The third-order valence-corrected chi connectivity index (χ3v) is 5.67. The van der Waals surface area contributed by atoms with E-state index in [-0.39, 0.29) is 12.0 Å². The summed E-state index contributed by atoms with van der Waals surface area (Å²) in [5.74, 6) is 1.03. The van der Waals surface area contributed by atoms with Crippen LogP contribution in [0.3, 0.4) is 0 Å². The molecular weight excluding hydrogens is 424 g/mol. The number of H-pyrrole nitrogens is 1. The number of hydrogen-bond donors (Lipinski definition) is 1. The Bertz CT molecular complexity index is 1170. The zero-order valence-electron chi connectivity index (χ0n) is 18.4. The van der Waals surface area contributed by atoms with E-state index in [2.05, 4.69) is 16.0 Å². The average molecular weight is 449 g/mol. The smallest absolute Gasteiger partial charge is 0.410 e. The van der Waals surface area contributed by atoms with E-state index in [9.17, 15) is 10.1 Å². The van der Waals surface area contributed by atoms with Gasteiger partial charge in [-0.15, -0.1) is 0 Å². The van der Waals surface area contributed by atoms with Gasteiger partial charge in [0.05, 0.1) is 23.5 Å². The molecule has 1 fully saturated rings. The Morgan fingerprint density at radius 1 is 1.22 bits per heavy atom. The van der Waals surface area contributed by atoms with Crippen molar-refractivity contribution in [3.63, 3.8) is 0 Å². The number of halogens is 1. The molecule has 2 aromatic carbocycles. The molecule has 3 aromatic rings. The zero-order chi connectivity index (χ0) is 22.9. The number of imidazole rings is 1. The fraction of sp³-hybridized carbons (Fsp3) is 0.320. The number of hydrogen-bond acceptors (Lipinski definition) is 4. The van der Waals surface area contributed by atoms with Gasteiger partial charge in [0.15, 0.2) is 0 Å². The van der Waals surface area contributed by atoms with Crippen LogP contribution in [-0.4, -0.2) is 39.7 Å². The predicted molar refractivity (Wildman–Crippen MR) is 124 cm³/mol. The van der Waals surface area contributed by atoms with Gasteiger partial charge in [0.2, 0.25) is 0 Å². The topological polar surface area (TPSA) is 82.0 Å². The summed E-state index contributed by atoms with van der Waals surface area (Å²) < 4.78 is 5.48. The molecule has 1 saturated heterocycles. The highest BCUT2D eigenvalue weighted by atomic mass is 35.5. The van der Waals surface area contributed by atoms with Crippen LogP contribution in [0.2, 0.25) is 5.02 Å². The van der Waals surface area contributed by atoms with E-state index in [4.69, 9.17) is 16.3 Å². The second kappa shape index (κ2) is 8.68. The predicted octanol–water partition coefficient (Wildman–Crippen LogP) is 5.99. The third kappa shape index (κ3) is 4.79. The number of carbonyl (C=O) groups excluding carboxylic acids is 1. The van der Waals surface area contributed by atoms with Gasteiger partial charge in [0.1, 0.15) is 11.4 Å². The lowest BCUT2D eigenvalue weighted by Gasteiger charge is -2.24. The van der Waals surface area contributed by atoms with Crippen molar-refractivity contribution in [2.24, 2.45) is 0 Å². The summed E-state index contributed by atoms with van der Waals surface area (Å²) in [6, 6.07) is 15.5. The largest absolute Gasteiger partial charge is 0.444 e. The van der Waals surface area contributed by atoms with E-state index < -0.39 is 5.60 Å². The molecule has 1 aliphatic heterocycles. The Balaban J connectivity index is 1.47. The number of ether oxygens (including phenoxy) is 1. The van der Waals surface area contributed by atoms with Crippen molar-refractivity contribution < 1.29 is 9.53 Å². The van der Waals surface area contributed by atoms with E-state index in [0.717, 1.165) is 34.6 Å². The van der Waals surface area contributed by atoms with Gasteiger partial charge in [-0.05, 0) is 56.0 Å². The van der Waals surface area contributed by atoms with Crippen molar-refractivity contribution >= 4 is 17.7 Å². The van der Waals surface area contributed by atoms with Crippen LogP contribution in [0.1, 0.15) is 44.5 Å². The third-order valence-electron chi connectivity index (χ3n) is 5.43. The molecule has 6 nitrogen and oxygen atoms in total. The molecule has 1 atom stereocenters. The highest BCUT2D eigenvalue weighted by Gasteiger charge is 2.31. The summed E-state index contributed by atoms with van der Waals surface area (Å²) in [5.41, 5.74) is 3.76. The quantitative estimate of drug-likeness (QED) is 0.533. The molecule has 1 N–H and O–H groups in total. The van der Waals surface area contributed by atoms with Gasteiger partial charge in [-0.3, -0.25) is 0 Å². The molecular formula is C25H25ClN4O2. The van der Waals surface area contributed by atoms with Crippen LogP contribution < -0.4 is 0 Å². The fourth-order valence-corrected chi connectivity index (χ4v) is 4.03. The first-order valence-corrected chi connectivity index (χ1v) is 10.9. The minimum Gasteiger partial charge on any atom is -0.444 e. The Morgan fingerprint density at radius 3 is 2.62 bits per heavy atom. The Morgan fingerprint density at radius 2 is 1.94 bits per heavy atom. The SMILES string of the molecule is CC(C)(C)OC(=O)N1CCC(c2ncc(-c3ccc(-c4ccc(Cl)cc4C#N)cc3)[nH]2)C1. The molecule has 0 radical (unpaired) electrons. The van der Waals surface area contributed by atoms with Crippen molar-refractivity contribution in [1.82, 2.24) is 14.9 Å². The minimum atomic E-state index is -0.501. The van der Waals surface area contributed by atoms with Crippen LogP contribution in [0, 0.1) is 11.3 Å². The second-order valence-corrected chi connectivity index (χ2v) is 9.41. The lowest BCUT2D eigenvalue weighted by atomic mass is 9.99. The Kier molecular flexibility index (Phi) is 5.94. The van der Waals surface area contributed by atoms with Gasteiger partial charge in [-0.25, -0.2) is 9.78 Å². The summed E-state index contributed by atoms with van der Waals surface area (Å²) in [4.78, 5) is 22.0. The normalized spacial score (nSPS) is 16.1. The van der Waals surface area contributed by atoms with Crippen molar-refractivity contribution in [3.05, 3.63) is 65.1 Å². The van der Waals surface area contributed by atoms with Crippen molar-refractivity contribution in [3.8, 4) is 28.5 Å². The molecule has 2 heterocycles. The van der Waals surface area contributed by atoms with Gasteiger partial charge in [0.25, 0.3) is 0 Å². The molecule has 32 heavy (non-hydrogen) atoms. The molecule has 0 bridgehead atoms. The molecule has 4 rings (SSSR count). The van der Waals surface area contributed by atoms with Gasteiger partial charge in [-0.2, -0.15) is 5.26 Å². The lowest BCUT2D eigenvalue weighted by Crippen LogP contribution is -2.35. The first-order valence-electron chi connectivity index (χ1n) is 10.6. The van der Waals surface area contributed by atoms with Crippen LogP contribution in [0.25, 0.3) is 22.4 Å². The number of nitrogens with zero attached hydrogens (tertiary/aromatic N) is 3. The van der Waals surface area contributed by atoms with Gasteiger partial charge in [0, 0.05) is 24.0 Å². The van der Waals surface area contributed by atoms with E-state index in [1.165, 1.54) is 0 Å². The highest BCUT2D eigenvalue weighted by molar-refractivity contribution is 6.30. The molecule has 0 aliphatic carbocycles. The fourth-order valence-electron chi connectivity index (χ4n) is 3.86. The standard InChI is InChI=1S/C25H25ClN4O2/c1-25(2,3)32-24(31)30-11-10-18(15-30)23-28-14-22(29-23)17-6-4-16(5-7-17)21-9-8-20(26)12-19(21)13-27/h4-9,12,14,18H,10-11,15H2,1-3H3,(H,28,29). The van der Waals surface area contributed by atoms with Gasteiger partial charge in [-0.1, -0.05) is 41.9 Å². The maximum absolute atomic E-state index is 12.3. The number of benzene rings is 2. The van der Waals surface area contributed by atoms with Crippen molar-refractivity contribution in [1.29, 1.82) is 5.26 Å². The first kappa shape index (κ1) is 21.9.